The van der Waals surface area contributed by atoms with Crippen LogP contribution in [0.1, 0.15) is 30.4 Å². The summed E-state index contributed by atoms with van der Waals surface area (Å²) in [4.78, 5) is 19.2. The lowest BCUT2D eigenvalue weighted by Gasteiger charge is -2.36. The van der Waals surface area contributed by atoms with Crippen LogP contribution >= 0.6 is 0 Å². The van der Waals surface area contributed by atoms with Crippen molar-refractivity contribution in [3.63, 3.8) is 0 Å². The van der Waals surface area contributed by atoms with Crippen LogP contribution in [0.4, 0.5) is 0 Å². The maximum atomic E-state index is 12.3. The smallest absolute Gasteiger partial charge is 0.236 e. The first-order valence-corrected chi connectivity index (χ1v) is 8.99. The maximum absolute atomic E-state index is 12.3. The molecule has 0 radical (unpaired) electrons. The molecule has 1 aromatic rings. The molecule has 3 rings (SSSR count). The molecule has 0 saturated carbocycles. The van der Waals surface area contributed by atoms with Crippen LogP contribution in [0, 0.1) is 6.92 Å². The number of rotatable bonds is 4. The number of amides is 1. The second-order valence-corrected chi connectivity index (χ2v) is 6.98. The third-order valence-electron chi connectivity index (χ3n) is 5.02. The van der Waals surface area contributed by atoms with Crippen molar-refractivity contribution in [2.24, 2.45) is 0 Å². The van der Waals surface area contributed by atoms with E-state index in [2.05, 4.69) is 45.9 Å². The molecule has 4 nitrogen and oxygen atoms in total. The molecule has 2 aliphatic heterocycles. The minimum atomic E-state index is 0.330. The van der Waals surface area contributed by atoms with Crippen molar-refractivity contribution < 1.29 is 4.79 Å². The average molecular weight is 315 g/mol. The Balaban J connectivity index is 1.42. The molecule has 0 atom stereocenters. The Morgan fingerprint density at radius 2 is 1.65 bits per heavy atom. The Hall–Kier alpha value is -1.39. The summed E-state index contributed by atoms with van der Waals surface area (Å²) in [5.74, 6) is 0.330. The van der Waals surface area contributed by atoms with E-state index in [1.165, 1.54) is 30.4 Å². The topological polar surface area (TPSA) is 26.8 Å². The van der Waals surface area contributed by atoms with Gasteiger partial charge in [0.05, 0.1) is 6.54 Å². The highest BCUT2D eigenvalue weighted by atomic mass is 16.2. The molecule has 23 heavy (non-hydrogen) atoms. The standard InChI is InChI=1S/C19H29N3O/c1-17-6-5-7-18(14-17)15-20-10-12-21(13-11-20)16-19(23)22-8-3-2-4-9-22/h5-7,14H,2-4,8-13,15-16H2,1H3. The number of likely N-dealkylation sites (tertiary alicyclic amines) is 1. The van der Waals surface area contributed by atoms with Crippen molar-refractivity contribution in [3.05, 3.63) is 35.4 Å². The highest BCUT2D eigenvalue weighted by molar-refractivity contribution is 5.78. The maximum Gasteiger partial charge on any atom is 0.236 e. The van der Waals surface area contributed by atoms with Crippen LogP contribution in [0.2, 0.25) is 0 Å². The van der Waals surface area contributed by atoms with Crippen LogP contribution in [-0.4, -0.2) is 66.4 Å². The molecule has 0 aromatic heterocycles. The van der Waals surface area contributed by atoms with Gasteiger partial charge in [0, 0.05) is 45.8 Å². The first kappa shape index (κ1) is 16.5. The molecule has 2 fully saturated rings. The quantitative estimate of drug-likeness (QED) is 0.851. The molecule has 0 N–H and O–H groups in total. The summed E-state index contributed by atoms with van der Waals surface area (Å²) in [5, 5.41) is 0. The normalized spacial score (nSPS) is 20.7. The molecule has 0 aliphatic carbocycles. The van der Waals surface area contributed by atoms with Gasteiger partial charge in [-0.1, -0.05) is 29.8 Å². The summed E-state index contributed by atoms with van der Waals surface area (Å²) in [6, 6.07) is 8.76. The van der Waals surface area contributed by atoms with Crippen LogP contribution in [0.25, 0.3) is 0 Å². The molecule has 1 aromatic carbocycles. The Labute approximate surface area is 140 Å². The summed E-state index contributed by atoms with van der Waals surface area (Å²) in [6.45, 7) is 9.83. The van der Waals surface area contributed by atoms with Gasteiger partial charge in [-0.05, 0) is 31.7 Å². The zero-order valence-electron chi connectivity index (χ0n) is 14.3. The van der Waals surface area contributed by atoms with Crippen LogP contribution in [-0.2, 0) is 11.3 Å². The second kappa shape index (κ2) is 7.93. The second-order valence-electron chi connectivity index (χ2n) is 6.98. The molecular weight excluding hydrogens is 286 g/mol. The number of piperazine rings is 1. The van der Waals surface area contributed by atoms with E-state index >= 15 is 0 Å². The van der Waals surface area contributed by atoms with Crippen molar-refractivity contribution in [2.75, 3.05) is 45.8 Å². The Bertz CT molecular complexity index is 517. The summed E-state index contributed by atoms with van der Waals surface area (Å²) in [7, 11) is 0. The van der Waals surface area contributed by atoms with E-state index in [1.807, 2.05) is 0 Å². The van der Waals surface area contributed by atoms with Crippen molar-refractivity contribution in [1.29, 1.82) is 0 Å². The monoisotopic (exact) mass is 315 g/mol. The van der Waals surface area contributed by atoms with E-state index in [0.29, 0.717) is 12.5 Å². The summed E-state index contributed by atoms with van der Waals surface area (Å²) < 4.78 is 0. The van der Waals surface area contributed by atoms with Crippen molar-refractivity contribution in [2.45, 2.75) is 32.7 Å². The zero-order chi connectivity index (χ0) is 16.1. The van der Waals surface area contributed by atoms with Gasteiger partial charge in [0.1, 0.15) is 0 Å². The fourth-order valence-electron chi connectivity index (χ4n) is 3.61. The number of carbonyl (C=O) groups excluding carboxylic acids is 1. The lowest BCUT2D eigenvalue weighted by molar-refractivity contribution is -0.133. The number of piperidine rings is 1. The molecule has 4 heteroatoms. The summed E-state index contributed by atoms with van der Waals surface area (Å²) in [6.07, 6.45) is 3.63. The first-order valence-electron chi connectivity index (χ1n) is 8.99. The van der Waals surface area contributed by atoms with Crippen LogP contribution in [0.15, 0.2) is 24.3 Å². The van der Waals surface area contributed by atoms with Gasteiger partial charge in [-0.3, -0.25) is 14.6 Å². The third kappa shape index (κ3) is 4.79. The van der Waals surface area contributed by atoms with Gasteiger partial charge in [0.15, 0.2) is 0 Å². The predicted molar refractivity (Wildman–Crippen MR) is 93.3 cm³/mol. The van der Waals surface area contributed by atoms with Gasteiger partial charge in [0.2, 0.25) is 5.91 Å². The summed E-state index contributed by atoms with van der Waals surface area (Å²) in [5.41, 5.74) is 2.72. The molecular formula is C19H29N3O. The number of benzene rings is 1. The number of nitrogens with zero attached hydrogens (tertiary/aromatic N) is 3. The van der Waals surface area contributed by atoms with Gasteiger partial charge in [-0.2, -0.15) is 0 Å². The van der Waals surface area contributed by atoms with Gasteiger partial charge < -0.3 is 4.90 Å². The van der Waals surface area contributed by atoms with E-state index in [9.17, 15) is 4.79 Å². The Morgan fingerprint density at radius 3 is 2.35 bits per heavy atom. The van der Waals surface area contributed by atoms with Gasteiger partial charge in [0.25, 0.3) is 0 Å². The van der Waals surface area contributed by atoms with Gasteiger partial charge in [-0.15, -0.1) is 0 Å². The fraction of sp³-hybridized carbons (Fsp3) is 0.632. The molecule has 1 amide bonds. The largest absolute Gasteiger partial charge is 0.342 e. The minimum absolute atomic E-state index is 0.330. The third-order valence-corrected chi connectivity index (χ3v) is 5.02. The predicted octanol–water partition coefficient (Wildman–Crippen LogP) is 2.13. The van der Waals surface area contributed by atoms with Crippen LogP contribution in [0.5, 0.6) is 0 Å². The zero-order valence-corrected chi connectivity index (χ0v) is 14.3. The van der Waals surface area contributed by atoms with Gasteiger partial charge in [-0.25, -0.2) is 0 Å². The molecule has 126 valence electrons. The van der Waals surface area contributed by atoms with E-state index in [-0.39, 0.29) is 0 Å². The number of hydrogen-bond donors (Lipinski definition) is 0. The molecule has 0 unspecified atom stereocenters. The van der Waals surface area contributed by atoms with E-state index in [0.717, 1.165) is 45.8 Å². The highest BCUT2D eigenvalue weighted by Crippen LogP contribution is 2.12. The minimum Gasteiger partial charge on any atom is -0.342 e. The lowest BCUT2D eigenvalue weighted by Crippen LogP contribution is -2.50. The lowest BCUT2D eigenvalue weighted by atomic mass is 10.1. The fourth-order valence-corrected chi connectivity index (χ4v) is 3.61. The highest BCUT2D eigenvalue weighted by Gasteiger charge is 2.22. The number of aryl methyl sites for hydroxylation is 1. The molecule has 2 heterocycles. The first-order chi connectivity index (χ1) is 11.2. The number of carbonyl (C=O) groups is 1. The molecule has 2 saturated heterocycles. The van der Waals surface area contributed by atoms with E-state index < -0.39 is 0 Å². The summed E-state index contributed by atoms with van der Waals surface area (Å²) >= 11 is 0. The molecule has 0 bridgehead atoms. The van der Waals surface area contributed by atoms with Crippen molar-refractivity contribution >= 4 is 5.91 Å². The Kier molecular flexibility index (Phi) is 5.68. The van der Waals surface area contributed by atoms with Crippen molar-refractivity contribution in [1.82, 2.24) is 14.7 Å². The van der Waals surface area contributed by atoms with E-state index in [4.69, 9.17) is 0 Å². The number of hydrogen-bond acceptors (Lipinski definition) is 3. The van der Waals surface area contributed by atoms with Crippen LogP contribution < -0.4 is 0 Å². The Morgan fingerprint density at radius 1 is 0.957 bits per heavy atom. The molecule has 2 aliphatic rings. The average Bonchev–Trinajstić information content (AvgIpc) is 2.57. The van der Waals surface area contributed by atoms with Crippen molar-refractivity contribution in [3.8, 4) is 0 Å². The SMILES string of the molecule is Cc1cccc(CN2CCN(CC(=O)N3CCCCC3)CC2)c1. The molecule has 0 spiro atoms. The van der Waals surface area contributed by atoms with Gasteiger partial charge >= 0.3 is 0 Å². The van der Waals surface area contributed by atoms with E-state index in [1.54, 1.807) is 0 Å². The van der Waals surface area contributed by atoms with Crippen LogP contribution in [0.3, 0.4) is 0 Å².